The molecule has 0 aliphatic rings. The second-order valence-electron chi connectivity index (χ2n) is 4.78. The zero-order chi connectivity index (χ0) is 14.4. The number of likely N-dealkylation sites (N-methyl/N-ethyl adjacent to an activating group) is 1. The number of carbonyl (C=O) groups is 2. The summed E-state index contributed by atoms with van der Waals surface area (Å²) in [5.41, 5.74) is 0.332. The molecule has 1 aromatic rings. The molecule has 0 fully saturated rings. The number of nitrogens with one attached hydrogen (secondary N) is 2. The summed E-state index contributed by atoms with van der Waals surface area (Å²) < 4.78 is 12.8. The minimum Gasteiger partial charge on any atom is -0.357 e. The third-order valence-corrected chi connectivity index (χ3v) is 2.68. The molecule has 0 radical (unpaired) electrons. The molecule has 1 atom stereocenters. The molecule has 5 heteroatoms. The molecule has 19 heavy (non-hydrogen) atoms. The van der Waals surface area contributed by atoms with Crippen LogP contribution in [0.25, 0.3) is 0 Å². The van der Waals surface area contributed by atoms with Gasteiger partial charge in [-0.1, -0.05) is 13.8 Å². The van der Waals surface area contributed by atoms with Crippen LogP contribution in [-0.4, -0.2) is 24.9 Å². The van der Waals surface area contributed by atoms with Crippen molar-refractivity contribution in [3.05, 3.63) is 35.6 Å². The molecule has 0 bridgehead atoms. The summed E-state index contributed by atoms with van der Waals surface area (Å²) >= 11 is 0. The van der Waals surface area contributed by atoms with Gasteiger partial charge in [-0.2, -0.15) is 0 Å². The van der Waals surface area contributed by atoms with Crippen LogP contribution in [0.3, 0.4) is 0 Å². The third-order valence-electron chi connectivity index (χ3n) is 2.68. The zero-order valence-corrected chi connectivity index (χ0v) is 11.4. The Morgan fingerprint density at radius 1 is 1.21 bits per heavy atom. The van der Waals surface area contributed by atoms with Crippen LogP contribution in [0.1, 0.15) is 30.6 Å². The van der Waals surface area contributed by atoms with Gasteiger partial charge in [0.05, 0.1) is 0 Å². The van der Waals surface area contributed by atoms with Crippen LogP contribution >= 0.6 is 0 Å². The van der Waals surface area contributed by atoms with Gasteiger partial charge in [0.25, 0.3) is 5.91 Å². The predicted molar refractivity (Wildman–Crippen MR) is 71.2 cm³/mol. The summed E-state index contributed by atoms with van der Waals surface area (Å²) in [5.74, 6) is -0.740. The molecule has 0 heterocycles. The molecule has 0 aliphatic heterocycles. The van der Waals surface area contributed by atoms with Crippen LogP contribution < -0.4 is 10.6 Å². The van der Waals surface area contributed by atoms with E-state index in [4.69, 9.17) is 0 Å². The maximum atomic E-state index is 12.8. The standard InChI is InChI=1S/C14H19FN2O2/c1-9(2)8-12(14(19)16-3)17-13(18)10-4-6-11(15)7-5-10/h4-7,9,12H,8H2,1-3H3,(H,16,19)(H,17,18). The van der Waals surface area contributed by atoms with Gasteiger partial charge in [-0.25, -0.2) is 4.39 Å². The number of carbonyl (C=O) groups excluding carboxylic acids is 2. The van der Waals surface area contributed by atoms with Crippen LogP contribution in [0, 0.1) is 11.7 Å². The average molecular weight is 266 g/mol. The van der Waals surface area contributed by atoms with Crippen LogP contribution in [0.2, 0.25) is 0 Å². The summed E-state index contributed by atoms with van der Waals surface area (Å²) in [6.07, 6.45) is 0.548. The van der Waals surface area contributed by atoms with E-state index in [1.807, 2.05) is 13.8 Å². The highest BCUT2D eigenvalue weighted by Gasteiger charge is 2.21. The van der Waals surface area contributed by atoms with E-state index < -0.39 is 11.9 Å². The van der Waals surface area contributed by atoms with Crippen molar-refractivity contribution in [3.8, 4) is 0 Å². The van der Waals surface area contributed by atoms with Crippen LogP contribution in [0.4, 0.5) is 4.39 Å². The van der Waals surface area contributed by atoms with E-state index in [-0.39, 0.29) is 17.7 Å². The molecule has 0 aliphatic carbocycles. The Bertz CT molecular complexity index is 443. The maximum Gasteiger partial charge on any atom is 0.251 e. The second kappa shape index (κ2) is 6.87. The first-order chi connectivity index (χ1) is 8.93. The lowest BCUT2D eigenvalue weighted by Gasteiger charge is -2.19. The van der Waals surface area contributed by atoms with E-state index in [9.17, 15) is 14.0 Å². The van der Waals surface area contributed by atoms with Gasteiger partial charge in [-0.15, -0.1) is 0 Å². The number of hydrogen-bond acceptors (Lipinski definition) is 2. The van der Waals surface area contributed by atoms with E-state index in [0.29, 0.717) is 12.0 Å². The Balaban J connectivity index is 2.75. The predicted octanol–water partition coefficient (Wildman–Crippen LogP) is 1.72. The molecule has 2 amide bonds. The molecular weight excluding hydrogens is 247 g/mol. The largest absolute Gasteiger partial charge is 0.357 e. The monoisotopic (exact) mass is 266 g/mol. The van der Waals surface area contributed by atoms with E-state index in [1.165, 1.54) is 31.3 Å². The van der Waals surface area contributed by atoms with Crippen LogP contribution in [-0.2, 0) is 4.79 Å². The summed E-state index contributed by atoms with van der Waals surface area (Å²) in [6.45, 7) is 3.94. The number of hydrogen-bond donors (Lipinski definition) is 2. The Morgan fingerprint density at radius 3 is 2.26 bits per heavy atom. The van der Waals surface area contributed by atoms with Crippen LogP contribution in [0.15, 0.2) is 24.3 Å². The highest BCUT2D eigenvalue weighted by Crippen LogP contribution is 2.07. The molecule has 104 valence electrons. The topological polar surface area (TPSA) is 58.2 Å². The lowest BCUT2D eigenvalue weighted by Crippen LogP contribution is -2.46. The van der Waals surface area contributed by atoms with Crippen molar-refractivity contribution in [1.29, 1.82) is 0 Å². The smallest absolute Gasteiger partial charge is 0.251 e. The molecule has 1 unspecified atom stereocenters. The molecule has 0 spiro atoms. The number of rotatable bonds is 5. The van der Waals surface area contributed by atoms with Crippen molar-refractivity contribution in [2.75, 3.05) is 7.05 Å². The van der Waals surface area contributed by atoms with Crippen LogP contribution in [0.5, 0.6) is 0 Å². The van der Waals surface area contributed by atoms with Crippen molar-refractivity contribution in [1.82, 2.24) is 10.6 Å². The van der Waals surface area contributed by atoms with Crippen molar-refractivity contribution >= 4 is 11.8 Å². The minimum absolute atomic E-state index is 0.232. The quantitative estimate of drug-likeness (QED) is 0.852. The highest BCUT2D eigenvalue weighted by atomic mass is 19.1. The Morgan fingerprint density at radius 2 is 1.79 bits per heavy atom. The maximum absolute atomic E-state index is 12.8. The van der Waals surface area contributed by atoms with Crippen molar-refractivity contribution in [2.45, 2.75) is 26.3 Å². The first-order valence-electron chi connectivity index (χ1n) is 6.22. The zero-order valence-electron chi connectivity index (χ0n) is 11.4. The van der Waals surface area contributed by atoms with E-state index in [0.717, 1.165) is 0 Å². The molecule has 1 rings (SSSR count). The normalized spacial score (nSPS) is 12.1. The van der Waals surface area contributed by atoms with Crippen molar-refractivity contribution in [3.63, 3.8) is 0 Å². The first-order valence-corrected chi connectivity index (χ1v) is 6.22. The molecular formula is C14H19FN2O2. The number of halogens is 1. The third kappa shape index (κ3) is 4.69. The first kappa shape index (κ1) is 15.1. The lowest BCUT2D eigenvalue weighted by molar-refractivity contribution is -0.122. The van der Waals surface area contributed by atoms with Gasteiger partial charge in [0.2, 0.25) is 5.91 Å². The summed E-state index contributed by atoms with van der Waals surface area (Å²) in [4.78, 5) is 23.6. The second-order valence-corrected chi connectivity index (χ2v) is 4.78. The summed E-state index contributed by atoms with van der Waals surface area (Å²) in [6, 6.07) is 4.63. The lowest BCUT2D eigenvalue weighted by atomic mass is 10.0. The van der Waals surface area contributed by atoms with E-state index in [1.54, 1.807) is 0 Å². The molecule has 0 saturated carbocycles. The van der Waals surface area contributed by atoms with Gasteiger partial charge in [0, 0.05) is 12.6 Å². The highest BCUT2D eigenvalue weighted by molar-refractivity contribution is 5.97. The molecule has 4 nitrogen and oxygen atoms in total. The fourth-order valence-electron chi connectivity index (χ4n) is 1.72. The van der Waals surface area contributed by atoms with Gasteiger partial charge in [0.1, 0.15) is 11.9 Å². The van der Waals surface area contributed by atoms with Gasteiger partial charge in [-0.3, -0.25) is 9.59 Å². The fourth-order valence-corrected chi connectivity index (χ4v) is 1.72. The number of amides is 2. The van der Waals surface area contributed by atoms with E-state index >= 15 is 0 Å². The SMILES string of the molecule is CNC(=O)C(CC(C)C)NC(=O)c1ccc(F)cc1. The Labute approximate surface area is 112 Å². The van der Waals surface area contributed by atoms with Crippen molar-refractivity contribution < 1.29 is 14.0 Å². The summed E-state index contributed by atoms with van der Waals surface area (Å²) in [7, 11) is 1.53. The molecule has 0 saturated heterocycles. The number of benzene rings is 1. The molecule has 1 aromatic carbocycles. The Hall–Kier alpha value is -1.91. The van der Waals surface area contributed by atoms with Gasteiger partial charge in [-0.05, 0) is 36.6 Å². The molecule has 0 aromatic heterocycles. The van der Waals surface area contributed by atoms with Gasteiger partial charge >= 0.3 is 0 Å². The van der Waals surface area contributed by atoms with Crippen molar-refractivity contribution in [2.24, 2.45) is 5.92 Å². The Kier molecular flexibility index (Phi) is 5.48. The fraction of sp³-hybridized carbons (Fsp3) is 0.429. The minimum atomic E-state index is -0.581. The van der Waals surface area contributed by atoms with Gasteiger partial charge < -0.3 is 10.6 Å². The summed E-state index contributed by atoms with van der Waals surface area (Å²) in [5, 5.41) is 5.18. The van der Waals surface area contributed by atoms with Gasteiger partial charge in [0.15, 0.2) is 0 Å². The van der Waals surface area contributed by atoms with E-state index in [2.05, 4.69) is 10.6 Å². The molecule has 2 N–H and O–H groups in total. The average Bonchev–Trinajstić information content (AvgIpc) is 2.37.